The number of aryl methyl sites for hydroxylation is 1. The van der Waals surface area contributed by atoms with Gasteiger partial charge in [0.1, 0.15) is 5.76 Å². The molecule has 1 heterocycles. The summed E-state index contributed by atoms with van der Waals surface area (Å²) >= 11 is 0. The summed E-state index contributed by atoms with van der Waals surface area (Å²) in [6.07, 6.45) is 0. The van der Waals surface area contributed by atoms with Gasteiger partial charge in [0.2, 0.25) is 5.91 Å². The molecule has 3 N–H and O–H groups in total. The maximum atomic E-state index is 11.8. The zero-order valence-electron chi connectivity index (χ0n) is 10.5. The minimum Gasteiger partial charge on any atom is -0.456 e. The van der Waals surface area contributed by atoms with Gasteiger partial charge < -0.3 is 15.5 Å². The predicted octanol–water partition coefficient (Wildman–Crippen LogP) is 1.62. The molecule has 2 amide bonds. The topological polar surface area (TPSA) is 85.3 Å². The maximum Gasteiger partial charge on any atom is 0.287 e. The van der Waals surface area contributed by atoms with E-state index >= 15 is 0 Å². The van der Waals surface area contributed by atoms with Crippen LogP contribution < -0.4 is 11.1 Å². The molecule has 0 fully saturated rings. The normalized spacial score (nSPS) is 10.2. The smallest absolute Gasteiger partial charge is 0.287 e. The highest BCUT2D eigenvalue weighted by molar-refractivity contribution is 5.93. The molecule has 19 heavy (non-hydrogen) atoms. The largest absolute Gasteiger partial charge is 0.456 e. The molecule has 5 nitrogen and oxygen atoms in total. The molecule has 98 valence electrons. The van der Waals surface area contributed by atoms with E-state index in [1.165, 1.54) is 0 Å². The third-order valence-corrected chi connectivity index (χ3v) is 2.63. The van der Waals surface area contributed by atoms with E-state index in [-0.39, 0.29) is 11.7 Å². The molecule has 0 saturated heterocycles. The summed E-state index contributed by atoms with van der Waals surface area (Å²) in [7, 11) is 0. The third-order valence-electron chi connectivity index (χ3n) is 2.63. The van der Waals surface area contributed by atoms with Crippen molar-refractivity contribution >= 4 is 11.8 Å². The Labute approximate surface area is 110 Å². The van der Waals surface area contributed by atoms with E-state index in [1.807, 2.05) is 0 Å². The van der Waals surface area contributed by atoms with E-state index in [1.54, 1.807) is 43.3 Å². The number of primary amides is 1. The molecule has 0 aliphatic heterocycles. The highest BCUT2D eigenvalue weighted by Gasteiger charge is 2.09. The molecule has 0 radical (unpaired) electrons. The van der Waals surface area contributed by atoms with Crippen molar-refractivity contribution in [2.75, 3.05) is 0 Å². The van der Waals surface area contributed by atoms with Crippen LogP contribution in [0.2, 0.25) is 0 Å². The lowest BCUT2D eigenvalue weighted by Crippen LogP contribution is -2.22. The quantitative estimate of drug-likeness (QED) is 0.873. The monoisotopic (exact) mass is 258 g/mol. The first kappa shape index (κ1) is 12.9. The number of benzene rings is 1. The summed E-state index contributed by atoms with van der Waals surface area (Å²) in [5, 5.41) is 2.71. The first-order chi connectivity index (χ1) is 9.06. The van der Waals surface area contributed by atoms with Gasteiger partial charge in [-0.2, -0.15) is 0 Å². The van der Waals surface area contributed by atoms with Gasteiger partial charge in [-0.15, -0.1) is 0 Å². The second-order valence-electron chi connectivity index (χ2n) is 4.16. The second-order valence-corrected chi connectivity index (χ2v) is 4.16. The first-order valence-electron chi connectivity index (χ1n) is 5.79. The Morgan fingerprint density at radius 1 is 1.26 bits per heavy atom. The Morgan fingerprint density at radius 3 is 2.68 bits per heavy atom. The average Bonchev–Trinajstić information content (AvgIpc) is 2.83. The lowest BCUT2D eigenvalue weighted by Gasteiger charge is -2.04. The van der Waals surface area contributed by atoms with E-state index < -0.39 is 5.91 Å². The fourth-order valence-electron chi connectivity index (χ4n) is 1.66. The van der Waals surface area contributed by atoms with E-state index in [0.717, 1.165) is 5.56 Å². The Bertz CT molecular complexity index is 617. The minimum atomic E-state index is -0.491. The van der Waals surface area contributed by atoms with E-state index in [2.05, 4.69) is 5.32 Å². The maximum absolute atomic E-state index is 11.8. The molecule has 5 heteroatoms. The Morgan fingerprint density at radius 2 is 2.05 bits per heavy atom. The number of hydrogen-bond acceptors (Lipinski definition) is 3. The van der Waals surface area contributed by atoms with Gasteiger partial charge in [0.05, 0.1) is 0 Å². The van der Waals surface area contributed by atoms with Crippen molar-refractivity contribution in [3.05, 3.63) is 59.0 Å². The molecule has 0 spiro atoms. The van der Waals surface area contributed by atoms with E-state index in [9.17, 15) is 9.59 Å². The zero-order valence-corrected chi connectivity index (χ0v) is 10.5. The number of carbonyl (C=O) groups is 2. The molecule has 0 atom stereocenters. The Hall–Kier alpha value is -2.56. The van der Waals surface area contributed by atoms with E-state index in [0.29, 0.717) is 17.9 Å². The van der Waals surface area contributed by atoms with Gasteiger partial charge in [-0.25, -0.2) is 0 Å². The molecule has 0 saturated carbocycles. The molecule has 0 aliphatic rings. The number of furan rings is 1. The van der Waals surface area contributed by atoms with Crippen molar-refractivity contribution in [1.29, 1.82) is 0 Å². The molecular formula is C14H14N2O3. The van der Waals surface area contributed by atoms with Gasteiger partial charge in [0, 0.05) is 12.1 Å². The van der Waals surface area contributed by atoms with Gasteiger partial charge in [-0.1, -0.05) is 12.1 Å². The number of hydrogen-bond donors (Lipinski definition) is 2. The highest BCUT2D eigenvalue weighted by Crippen LogP contribution is 2.08. The summed E-state index contributed by atoms with van der Waals surface area (Å²) in [4.78, 5) is 22.8. The van der Waals surface area contributed by atoms with Crippen LogP contribution in [-0.2, 0) is 6.54 Å². The molecule has 2 rings (SSSR count). The van der Waals surface area contributed by atoms with Crippen LogP contribution >= 0.6 is 0 Å². The van der Waals surface area contributed by atoms with Crippen LogP contribution in [0.3, 0.4) is 0 Å². The fourth-order valence-corrected chi connectivity index (χ4v) is 1.66. The zero-order chi connectivity index (χ0) is 13.8. The second kappa shape index (κ2) is 5.39. The van der Waals surface area contributed by atoms with Crippen molar-refractivity contribution in [2.24, 2.45) is 5.73 Å². The minimum absolute atomic E-state index is 0.267. The lowest BCUT2D eigenvalue weighted by atomic mass is 10.1. The van der Waals surface area contributed by atoms with Crippen molar-refractivity contribution in [3.8, 4) is 0 Å². The predicted molar refractivity (Wildman–Crippen MR) is 69.6 cm³/mol. The fraction of sp³-hybridized carbons (Fsp3) is 0.143. The third kappa shape index (κ3) is 3.22. The number of nitrogens with two attached hydrogens (primary N) is 1. The van der Waals surface area contributed by atoms with Gasteiger partial charge in [-0.05, 0) is 36.8 Å². The number of nitrogens with one attached hydrogen (secondary N) is 1. The van der Waals surface area contributed by atoms with Crippen LogP contribution in [0.15, 0.2) is 40.8 Å². The standard InChI is InChI=1S/C14H14N2O3/c1-9-5-6-12(19-9)14(18)16-8-10-3-2-4-11(7-10)13(15)17/h2-7H,8H2,1H3,(H2,15,17)(H,16,18). The first-order valence-corrected chi connectivity index (χ1v) is 5.79. The van der Waals surface area contributed by atoms with E-state index in [4.69, 9.17) is 10.2 Å². The van der Waals surface area contributed by atoms with Crippen molar-refractivity contribution < 1.29 is 14.0 Å². The van der Waals surface area contributed by atoms with Crippen molar-refractivity contribution in [3.63, 3.8) is 0 Å². The van der Waals surface area contributed by atoms with Gasteiger partial charge in [0.25, 0.3) is 5.91 Å². The van der Waals surface area contributed by atoms with Gasteiger partial charge in [-0.3, -0.25) is 9.59 Å². The summed E-state index contributed by atoms with van der Waals surface area (Å²) < 4.78 is 5.21. The van der Waals surface area contributed by atoms with Crippen molar-refractivity contribution in [2.45, 2.75) is 13.5 Å². The summed E-state index contributed by atoms with van der Waals surface area (Å²) in [5.41, 5.74) is 6.41. The van der Waals surface area contributed by atoms with Gasteiger partial charge >= 0.3 is 0 Å². The number of carbonyl (C=O) groups excluding carboxylic acids is 2. The SMILES string of the molecule is Cc1ccc(C(=O)NCc2cccc(C(N)=O)c2)o1. The Balaban J connectivity index is 2.01. The Kier molecular flexibility index (Phi) is 3.66. The number of amides is 2. The number of rotatable bonds is 4. The molecule has 1 aromatic carbocycles. The van der Waals surface area contributed by atoms with Crippen LogP contribution in [0.5, 0.6) is 0 Å². The molecule has 2 aromatic rings. The van der Waals surface area contributed by atoms with Crippen LogP contribution in [0, 0.1) is 6.92 Å². The van der Waals surface area contributed by atoms with Crippen LogP contribution in [0.4, 0.5) is 0 Å². The molecule has 0 bridgehead atoms. The molecule has 0 unspecified atom stereocenters. The van der Waals surface area contributed by atoms with Crippen LogP contribution in [-0.4, -0.2) is 11.8 Å². The molecule has 1 aromatic heterocycles. The summed E-state index contributed by atoms with van der Waals surface area (Å²) in [6.45, 7) is 2.08. The van der Waals surface area contributed by atoms with Crippen LogP contribution in [0.25, 0.3) is 0 Å². The van der Waals surface area contributed by atoms with Gasteiger partial charge in [0.15, 0.2) is 5.76 Å². The summed E-state index contributed by atoms with van der Waals surface area (Å²) in [5.74, 6) is 0.164. The summed E-state index contributed by atoms with van der Waals surface area (Å²) in [6, 6.07) is 10.1. The molecular weight excluding hydrogens is 244 g/mol. The average molecular weight is 258 g/mol. The lowest BCUT2D eigenvalue weighted by molar-refractivity contribution is 0.0921. The van der Waals surface area contributed by atoms with Crippen molar-refractivity contribution in [1.82, 2.24) is 5.32 Å². The molecule has 0 aliphatic carbocycles. The highest BCUT2D eigenvalue weighted by atomic mass is 16.3. The van der Waals surface area contributed by atoms with Crippen LogP contribution in [0.1, 0.15) is 32.2 Å².